The summed E-state index contributed by atoms with van der Waals surface area (Å²) in [6.07, 6.45) is -0.418. The highest BCUT2D eigenvalue weighted by atomic mass is 16.6. The molecule has 3 aromatic rings. The van der Waals surface area contributed by atoms with Gasteiger partial charge in [-0.05, 0) is 60.6 Å². The van der Waals surface area contributed by atoms with Crippen molar-refractivity contribution in [1.29, 1.82) is 0 Å². The Labute approximate surface area is 289 Å². The maximum Gasteiger partial charge on any atom is 0.408 e. The van der Waals surface area contributed by atoms with Gasteiger partial charge in [0.2, 0.25) is 11.8 Å². The Balaban J connectivity index is 1.79. The average Bonchev–Trinajstić information content (AvgIpc) is 3.06. The van der Waals surface area contributed by atoms with E-state index < -0.39 is 41.2 Å². The van der Waals surface area contributed by atoms with Gasteiger partial charge < -0.3 is 29.3 Å². The SMILES string of the molecule is COCC(c1ccccc1)N(Cc1ccc(C(=O)OC)cc1)C(=O)[C@@H]1Cc2ccccc2CN1C(=O)[C@@H](NC(=O)OC(C)(C)C)C(C)(C)C. The first kappa shape index (κ1) is 37.1. The van der Waals surface area contributed by atoms with Crippen molar-refractivity contribution in [2.45, 2.75) is 84.8 Å². The predicted octanol–water partition coefficient (Wildman–Crippen LogP) is 6.08. The summed E-state index contributed by atoms with van der Waals surface area (Å²) >= 11 is 0. The predicted molar refractivity (Wildman–Crippen MR) is 186 cm³/mol. The van der Waals surface area contributed by atoms with Crippen LogP contribution in [0.4, 0.5) is 4.79 Å². The van der Waals surface area contributed by atoms with Crippen LogP contribution >= 0.6 is 0 Å². The number of amides is 3. The third-order valence-corrected chi connectivity index (χ3v) is 8.49. The van der Waals surface area contributed by atoms with Crippen molar-refractivity contribution < 1.29 is 33.4 Å². The molecular weight excluding hydrogens is 622 g/mol. The summed E-state index contributed by atoms with van der Waals surface area (Å²) in [6.45, 7) is 11.5. The summed E-state index contributed by atoms with van der Waals surface area (Å²) in [5.74, 6) is -1.10. The molecule has 0 fully saturated rings. The van der Waals surface area contributed by atoms with Crippen LogP contribution in [0.1, 0.15) is 80.2 Å². The quantitative estimate of drug-likeness (QED) is 0.260. The number of nitrogens with one attached hydrogen (secondary N) is 1. The number of carbonyl (C=O) groups is 4. The Morgan fingerprint density at radius 3 is 2.04 bits per heavy atom. The second kappa shape index (κ2) is 15.7. The zero-order valence-electron chi connectivity index (χ0n) is 29.8. The smallest absolute Gasteiger partial charge is 0.408 e. The lowest BCUT2D eigenvalue weighted by atomic mass is 9.84. The molecule has 3 aromatic carbocycles. The normalized spacial score (nSPS) is 15.8. The second-order valence-corrected chi connectivity index (χ2v) is 14.4. The lowest BCUT2D eigenvalue weighted by molar-refractivity contribution is -0.152. The van der Waals surface area contributed by atoms with E-state index in [2.05, 4.69) is 5.32 Å². The van der Waals surface area contributed by atoms with Gasteiger partial charge in [0.1, 0.15) is 17.7 Å². The highest BCUT2D eigenvalue weighted by Gasteiger charge is 2.44. The fraction of sp³-hybridized carbons (Fsp3) is 0.436. The van der Waals surface area contributed by atoms with Crippen LogP contribution in [0.2, 0.25) is 0 Å². The molecule has 0 aliphatic carbocycles. The molecule has 1 aliphatic rings. The number of benzene rings is 3. The molecule has 10 heteroatoms. The molecule has 0 saturated heterocycles. The van der Waals surface area contributed by atoms with Gasteiger partial charge in [-0.3, -0.25) is 9.59 Å². The maximum atomic E-state index is 15.1. The van der Waals surface area contributed by atoms with Gasteiger partial charge >= 0.3 is 12.1 Å². The first-order valence-electron chi connectivity index (χ1n) is 16.5. The molecule has 3 amide bonds. The molecule has 0 aromatic heterocycles. The van der Waals surface area contributed by atoms with Gasteiger partial charge in [0.25, 0.3) is 0 Å². The van der Waals surface area contributed by atoms with Gasteiger partial charge in [0.15, 0.2) is 0 Å². The van der Waals surface area contributed by atoms with Crippen LogP contribution in [0.15, 0.2) is 78.9 Å². The molecule has 0 saturated carbocycles. The summed E-state index contributed by atoms with van der Waals surface area (Å²) in [4.78, 5) is 58.3. The standard InChI is InChI=1S/C39H49N3O7/c1-38(2,3)33(40-37(46)49-39(4,5)6)35(44)42-24-30-17-13-12-16-29(30)22-31(42)34(43)41(32(25-47-7)27-14-10-9-11-15-27)23-26-18-20-28(21-19-26)36(45)48-8/h9-21,31-33H,22-25H2,1-8H3,(H,40,46)/t31-,32?,33+/m0/s1. The third kappa shape index (κ3) is 9.47. The highest BCUT2D eigenvalue weighted by Crippen LogP contribution is 2.32. The van der Waals surface area contributed by atoms with Crippen molar-refractivity contribution in [1.82, 2.24) is 15.1 Å². The van der Waals surface area contributed by atoms with E-state index in [4.69, 9.17) is 14.2 Å². The average molecular weight is 672 g/mol. The van der Waals surface area contributed by atoms with Gasteiger partial charge in [0, 0.05) is 26.6 Å². The molecule has 3 atom stereocenters. The van der Waals surface area contributed by atoms with Crippen molar-refractivity contribution in [3.63, 3.8) is 0 Å². The number of ether oxygens (including phenoxy) is 3. The van der Waals surface area contributed by atoms with Crippen LogP contribution in [0.5, 0.6) is 0 Å². The molecule has 10 nitrogen and oxygen atoms in total. The molecule has 1 aliphatic heterocycles. The number of rotatable bonds is 10. The molecular formula is C39H49N3O7. The van der Waals surface area contributed by atoms with E-state index in [1.54, 1.807) is 61.9 Å². The van der Waals surface area contributed by atoms with E-state index in [0.29, 0.717) is 5.56 Å². The first-order valence-corrected chi connectivity index (χ1v) is 16.5. The van der Waals surface area contributed by atoms with Crippen molar-refractivity contribution in [2.24, 2.45) is 5.41 Å². The number of hydrogen-bond donors (Lipinski definition) is 1. The molecule has 0 radical (unpaired) electrons. The van der Waals surface area contributed by atoms with Crippen molar-refractivity contribution >= 4 is 23.9 Å². The number of methoxy groups -OCH3 is 2. The summed E-state index contributed by atoms with van der Waals surface area (Å²) in [7, 11) is 2.92. The number of fused-ring (bicyclic) bond motifs is 1. The van der Waals surface area contributed by atoms with Crippen molar-refractivity contribution in [3.05, 3.63) is 107 Å². The topological polar surface area (TPSA) is 114 Å². The van der Waals surface area contributed by atoms with E-state index >= 15 is 4.79 Å². The Kier molecular flexibility index (Phi) is 11.9. The van der Waals surface area contributed by atoms with Crippen LogP contribution in [0.25, 0.3) is 0 Å². The molecule has 1 heterocycles. The minimum Gasteiger partial charge on any atom is -0.465 e. The Hall–Kier alpha value is -4.70. The number of nitrogens with zero attached hydrogens (tertiary/aromatic N) is 2. The Bertz CT molecular complexity index is 1610. The summed E-state index contributed by atoms with van der Waals surface area (Å²) in [5.41, 5.74) is 2.49. The molecule has 49 heavy (non-hydrogen) atoms. The van der Waals surface area contributed by atoms with E-state index in [9.17, 15) is 14.4 Å². The van der Waals surface area contributed by atoms with Crippen molar-refractivity contribution in [3.8, 4) is 0 Å². The highest BCUT2D eigenvalue weighted by molar-refractivity contribution is 5.93. The lowest BCUT2D eigenvalue weighted by Gasteiger charge is -2.43. The largest absolute Gasteiger partial charge is 0.465 e. The minimum atomic E-state index is -0.980. The maximum absolute atomic E-state index is 15.1. The van der Waals surface area contributed by atoms with E-state index in [1.165, 1.54) is 7.11 Å². The summed E-state index contributed by atoms with van der Waals surface area (Å²) in [5, 5.41) is 2.82. The second-order valence-electron chi connectivity index (χ2n) is 14.4. The summed E-state index contributed by atoms with van der Waals surface area (Å²) in [6, 6.07) is 22.0. The van der Waals surface area contributed by atoms with Gasteiger partial charge in [-0.15, -0.1) is 0 Å². The van der Waals surface area contributed by atoms with Gasteiger partial charge in [-0.1, -0.05) is 87.5 Å². The molecule has 0 bridgehead atoms. The Morgan fingerprint density at radius 1 is 0.857 bits per heavy atom. The first-order chi connectivity index (χ1) is 23.1. The lowest BCUT2D eigenvalue weighted by Crippen LogP contribution is -2.61. The van der Waals surface area contributed by atoms with E-state index in [-0.39, 0.29) is 37.9 Å². The van der Waals surface area contributed by atoms with Crippen LogP contribution in [0.3, 0.4) is 0 Å². The molecule has 1 N–H and O–H groups in total. The van der Waals surface area contributed by atoms with Gasteiger partial charge in [-0.2, -0.15) is 0 Å². The van der Waals surface area contributed by atoms with Crippen LogP contribution in [-0.4, -0.2) is 72.2 Å². The van der Waals surface area contributed by atoms with Gasteiger partial charge in [-0.25, -0.2) is 9.59 Å². The third-order valence-electron chi connectivity index (χ3n) is 8.49. The van der Waals surface area contributed by atoms with Crippen LogP contribution < -0.4 is 5.32 Å². The zero-order valence-corrected chi connectivity index (χ0v) is 29.8. The fourth-order valence-electron chi connectivity index (χ4n) is 6.01. The number of alkyl carbamates (subject to hydrolysis) is 1. The number of esters is 1. The van der Waals surface area contributed by atoms with Crippen LogP contribution in [0, 0.1) is 5.41 Å². The number of carbonyl (C=O) groups excluding carboxylic acids is 4. The molecule has 1 unspecified atom stereocenters. The van der Waals surface area contributed by atoms with Crippen molar-refractivity contribution in [2.75, 3.05) is 20.8 Å². The number of hydrogen-bond acceptors (Lipinski definition) is 7. The zero-order chi connectivity index (χ0) is 35.9. The van der Waals surface area contributed by atoms with E-state index in [0.717, 1.165) is 22.3 Å². The van der Waals surface area contributed by atoms with E-state index in [1.807, 2.05) is 75.4 Å². The van der Waals surface area contributed by atoms with Crippen LogP contribution in [-0.2, 0) is 43.3 Å². The monoisotopic (exact) mass is 671 g/mol. The van der Waals surface area contributed by atoms with Gasteiger partial charge in [0.05, 0.1) is 25.3 Å². The minimum absolute atomic E-state index is 0.183. The molecule has 262 valence electrons. The fourth-order valence-corrected chi connectivity index (χ4v) is 6.01. The molecule has 0 spiro atoms. The Morgan fingerprint density at radius 2 is 1.47 bits per heavy atom. The summed E-state index contributed by atoms with van der Waals surface area (Å²) < 4.78 is 16.1. The molecule has 4 rings (SSSR count).